The molecule has 3 N–H and O–H groups in total. The lowest BCUT2D eigenvalue weighted by Gasteiger charge is -2.13. The van der Waals surface area contributed by atoms with Gasteiger partial charge in [-0.25, -0.2) is 9.37 Å². The Hall–Kier alpha value is -3.34. The summed E-state index contributed by atoms with van der Waals surface area (Å²) in [5.74, 6) is 0.0106. The van der Waals surface area contributed by atoms with E-state index in [1.165, 1.54) is 11.1 Å². The summed E-state index contributed by atoms with van der Waals surface area (Å²) in [6.45, 7) is 8.50. The van der Waals surface area contributed by atoms with Gasteiger partial charge >= 0.3 is 0 Å². The molecule has 0 saturated carbocycles. The van der Waals surface area contributed by atoms with Crippen LogP contribution in [0.4, 0.5) is 4.39 Å². The highest BCUT2D eigenvalue weighted by Gasteiger charge is 2.23. The Morgan fingerprint density at radius 1 is 0.966 bits per heavy atom. The normalized spacial score (nSPS) is 11.9. The van der Waals surface area contributed by atoms with Gasteiger partial charge in [0.05, 0.1) is 5.69 Å². The van der Waals surface area contributed by atoms with Crippen molar-refractivity contribution in [2.24, 2.45) is 0 Å². The summed E-state index contributed by atoms with van der Waals surface area (Å²) in [7, 11) is 0. The van der Waals surface area contributed by atoms with Crippen LogP contribution >= 0.6 is 0 Å². The van der Waals surface area contributed by atoms with Crippen LogP contribution in [0.3, 0.4) is 0 Å². The van der Waals surface area contributed by atoms with Crippen molar-refractivity contribution in [2.45, 2.75) is 33.6 Å². The maximum Gasteiger partial charge on any atom is 0.138 e. The SMILES string of the molecule is Cc1cc2c(-c3c(C)[nH]c(-c4cc(F)cc5[nH]ccc45)c3C(C)C)ccnc2[nH]1. The van der Waals surface area contributed by atoms with E-state index in [-0.39, 0.29) is 11.7 Å². The lowest BCUT2D eigenvalue weighted by atomic mass is 9.89. The molecule has 0 aliphatic heterocycles. The van der Waals surface area contributed by atoms with Gasteiger partial charge in [-0.3, -0.25) is 0 Å². The van der Waals surface area contributed by atoms with E-state index < -0.39 is 0 Å². The topological polar surface area (TPSA) is 60.3 Å². The second-order valence-corrected chi connectivity index (χ2v) is 8.03. The molecule has 0 amide bonds. The van der Waals surface area contributed by atoms with Crippen LogP contribution in [0.5, 0.6) is 0 Å². The maximum absolute atomic E-state index is 14.4. The van der Waals surface area contributed by atoms with Gasteiger partial charge in [0.2, 0.25) is 0 Å². The molecular weight excluding hydrogens is 363 g/mol. The van der Waals surface area contributed by atoms with E-state index >= 15 is 0 Å². The third-order valence-electron chi connectivity index (χ3n) is 5.64. The smallest absolute Gasteiger partial charge is 0.138 e. The number of aromatic nitrogens is 4. The molecular formula is C24H23FN4. The van der Waals surface area contributed by atoms with Crippen LogP contribution in [0.2, 0.25) is 0 Å². The Morgan fingerprint density at radius 2 is 1.79 bits per heavy atom. The van der Waals surface area contributed by atoms with Crippen molar-refractivity contribution in [3.63, 3.8) is 0 Å². The fourth-order valence-corrected chi connectivity index (χ4v) is 4.50. The first kappa shape index (κ1) is 17.7. The molecule has 0 bridgehead atoms. The first-order chi connectivity index (χ1) is 13.9. The summed E-state index contributed by atoms with van der Waals surface area (Å²) in [6.07, 6.45) is 3.70. The minimum absolute atomic E-state index is 0.244. The van der Waals surface area contributed by atoms with Gasteiger partial charge in [0, 0.05) is 51.2 Å². The maximum atomic E-state index is 14.4. The van der Waals surface area contributed by atoms with E-state index in [2.05, 4.69) is 52.8 Å². The number of nitrogens with zero attached hydrogens (tertiary/aromatic N) is 1. The molecule has 0 aliphatic rings. The third kappa shape index (κ3) is 2.69. The number of benzene rings is 1. The van der Waals surface area contributed by atoms with Crippen molar-refractivity contribution in [3.05, 3.63) is 65.5 Å². The van der Waals surface area contributed by atoms with E-state index in [0.717, 1.165) is 50.1 Å². The minimum atomic E-state index is -0.244. The van der Waals surface area contributed by atoms with Crippen LogP contribution in [0.25, 0.3) is 44.3 Å². The van der Waals surface area contributed by atoms with Crippen LogP contribution in [0.15, 0.2) is 42.7 Å². The zero-order valence-corrected chi connectivity index (χ0v) is 16.9. The van der Waals surface area contributed by atoms with Gasteiger partial charge < -0.3 is 15.0 Å². The largest absolute Gasteiger partial charge is 0.361 e. The second-order valence-electron chi connectivity index (χ2n) is 8.03. The number of aryl methyl sites for hydroxylation is 2. The number of hydrogen-bond acceptors (Lipinski definition) is 1. The Bertz CT molecular complexity index is 1370. The first-order valence-corrected chi connectivity index (χ1v) is 9.88. The molecule has 0 atom stereocenters. The van der Waals surface area contributed by atoms with E-state index in [9.17, 15) is 4.39 Å². The van der Waals surface area contributed by atoms with E-state index in [1.807, 2.05) is 25.4 Å². The van der Waals surface area contributed by atoms with E-state index in [1.54, 1.807) is 12.1 Å². The highest BCUT2D eigenvalue weighted by atomic mass is 19.1. The highest BCUT2D eigenvalue weighted by Crippen LogP contribution is 2.43. The molecule has 5 aromatic rings. The number of pyridine rings is 1. The van der Waals surface area contributed by atoms with Crippen molar-refractivity contribution in [1.29, 1.82) is 0 Å². The van der Waals surface area contributed by atoms with Gasteiger partial charge in [-0.15, -0.1) is 0 Å². The van der Waals surface area contributed by atoms with Crippen molar-refractivity contribution in [1.82, 2.24) is 19.9 Å². The summed E-state index contributed by atoms with van der Waals surface area (Å²) < 4.78 is 14.4. The molecule has 0 unspecified atom stereocenters. The number of fused-ring (bicyclic) bond motifs is 2. The molecule has 4 aromatic heterocycles. The Morgan fingerprint density at radius 3 is 2.59 bits per heavy atom. The van der Waals surface area contributed by atoms with Gasteiger partial charge in [0.15, 0.2) is 0 Å². The lowest BCUT2D eigenvalue weighted by Crippen LogP contribution is -1.94. The molecule has 4 nitrogen and oxygen atoms in total. The number of nitrogens with one attached hydrogen (secondary N) is 3. The summed E-state index contributed by atoms with van der Waals surface area (Å²) >= 11 is 0. The zero-order valence-electron chi connectivity index (χ0n) is 16.9. The number of hydrogen-bond donors (Lipinski definition) is 3. The van der Waals surface area contributed by atoms with Gasteiger partial charge in [0.1, 0.15) is 11.5 Å². The molecule has 5 heteroatoms. The number of rotatable bonds is 3. The summed E-state index contributed by atoms with van der Waals surface area (Å²) in [5.41, 5.74) is 9.22. The van der Waals surface area contributed by atoms with Crippen LogP contribution in [0.1, 0.15) is 36.7 Å². The second kappa shape index (κ2) is 6.34. The van der Waals surface area contributed by atoms with Crippen LogP contribution in [0, 0.1) is 19.7 Å². The average Bonchev–Trinajstić information content (AvgIpc) is 3.36. The van der Waals surface area contributed by atoms with E-state index in [4.69, 9.17) is 0 Å². The Kier molecular flexibility index (Phi) is 3.88. The van der Waals surface area contributed by atoms with Crippen molar-refractivity contribution < 1.29 is 4.39 Å². The predicted molar refractivity (Wildman–Crippen MR) is 117 cm³/mol. The number of halogens is 1. The van der Waals surface area contributed by atoms with Crippen molar-refractivity contribution >= 4 is 21.9 Å². The molecule has 5 rings (SSSR count). The molecule has 1 aromatic carbocycles. The van der Waals surface area contributed by atoms with Crippen LogP contribution < -0.4 is 0 Å². The van der Waals surface area contributed by atoms with E-state index in [0.29, 0.717) is 0 Å². The Balaban J connectivity index is 1.85. The highest BCUT2D eigenvalue weighted by molar-refractivity contribution is 6.00. The van der Waals surface area contributed by atoms with Gasteiger partial charge in [-0.2, -0.15) is 0 Å². The minimum Gasteiger partial charge on any atom is -0.361 e. The first-order valence-electron chi connectivity index (χ1n) is 9.88. The molecule has 4 heterocycles. The molecule has 0 spiro atoms. The van der Waals surface area contributed by atoms with Crippen molar-refractivity contribution in [3.8, 4) is 22.4 Å². The van der Waals surface area contributed by atoms with Gasteiger partial charge in [-0.1, -0.05) is 13.8 Å². The lowest BCUT2D eigenvalue weighted by molar-refractivity contribution is 0.630. The molecule has 146 valence electrons. The Labute approximate surface area is 168 Å². The fourth-order valence-electron chi connectivity index (χ4n) is 4.50. The van der Waals surface area contributed by atoms with Gasteiger partial charge in [0.25, 0.3) is 0 Å². The molecule has 0 radical (unpaired) electrons. The molecule has 0 aliphatic carbocycles. The van der Waals surface area contributed by atoms with Crippen molar-refractivity contribution in [2.75, 3.05) is 0 Å². The summed E-state index contributed by atoms with van der Waals surface area (Å²) in [6, 6.07) is 9.38. The van der Waals surface area contributed by atoms with Crippen LogP contribution in [-0.4, -0.2) is 19.9 Å². The molecule has 0 fully saturated rings. The quantitative estimate of drug-likeness (QED) is 0.322. The molecule has 29 heavy (non-hydrogen) atoms. The third-order valence-corrected chi connectivity index (χ3v) is 5.64. The molecule has 0 saturated heterocycles. The monoisotopic (exact) mass is 386 g/mol. The summed E-state index contributed by atoms with van der Waals surface area (Å²) in [4.78, 5) is 14.5. The van der Waals surface area contributed by atoms with Gasteiger partial charge in [-0.05, 0) is 61.2 Å². The fraction of sp³-hybridized carbons (Fsp3) is 0.208. The standard InChI is InChI=1S/C24H23FN4/c1-12(2)21-22(17-6-8-27-24-19(17)9-13(3)28-24)14(4)29-23(21)18-10-15(25)11-20-16(18)5-7-26-20/h5-12,26,29H,1-4H3,(H,27,28). The zero-order chi connectivity index (χ0) is 20.3. The number of aromatic amines is 3. The summed E-state index contributed by atoms with van der Waals surface area (Å²) in [5, 5.41) is 2.12. The number of H-pyrrole nitrogens is 3. The van der Waals surface area contributed by atoms with Crippen LogP contribution in [-0.2, 0) is 0 Å². The average molecular weight is 386 g/mol. The predicted octanol–water partition coefficient (Wildman–Crippen LogP) is 6.59.